The normalized spacial score (nSPS) is 10.4. The van der Waals surface area contributed by atoms with Crippen molar-refractivity contribution in [2.75, 3.05) is 32.7 Å². The Morgan fingerprint density at radius 2 is 1.40 bits per heavy atom. The van der Waals surface area contributed by atoms with Gasteiger partial charge in [0.05, 0.1) is 4.90 Å². The molecule has 2 aromatic rings. The van der Waals surface area contributed by atoms with E-state index < -0.39 is 11.9 Å². The lowest BCUT2D eigenvalue weighted by Gasteiger charge is -2.17. The Morgan fingerprint density at radius 3 is 1.93 bits per heavy atom. The largest absolute Gasteiger partial charge is 0.489 e. The van der Waals surface area contributed by atoms with E-state index in [9.17, 15) is 9.59 Å². The van der Waals surface area contributed by atoms with Crippen molar-refractivity contribution in [3.63, 3.8) is 0 Å². The molecule has 6 nitrogen and oxygen atoms in total. The smallest absolute Gasteiger partial charge is 0.333 e. The zero-order valence-electron chi connectivity index (χ0n) is 17.5. The number of carbonyl (C=O) groups is 2. The van der Waals surface area contributed by atoms with Crippen molar-refractivity contribution in [1.82, 2.24) is 0 Å². The summed E-state index contributed by atoms with van der Waals surface area (Å²) in [6, 6.07) is 9.59. The fourth-order valence-corrected chi connectivity index (χ4v) is 3.10. The summed E-state index contributed by atoms with van der Waals surface area (Å²) in [4.78, 5) is 23.9. The second-order valence-electron chi connectivity index (χ2n) is 6.48. The molecule has 160 valence electrons. The Balaban J connectivity index is 2.13. The number of carbonyl (C=O) groups excluding carboxylic acids is 2. The molecule has 0 saturated heterocycles. The highest BCUT2D eigenvalue weighted by molar-refractivity contribution is 7.98. The predicted octanol–water partition coefficient (Wildman–Crippen LogP) is 4.56. The van der Waals surface area contributed by atoms with Crippen molar-refractivity contribution in [3.05, 3.63) is 54.6 Å². The number of fused-ring (bicyclic) bond motifs is 1. The summed E-state index contributed by atoms with van der Waals surface area (Å²) in [5.74, 6) is 0.488. The average molecular weight is 431 g/mol. The standard InChI is InChI=1S/C23H26O6S/c1-15(2)22(24)28-12-10-26-19-14-20(30-5)21(18-9-7-6-8-17(18)19)27-11-13-29-23(25)16(3)4/h6-9,14H,1,3,10-13H2,2,4-5H3. The molecular weight excluding hydrogens is 404 g/mol. The van der Waals surface area contributed by atoms with Crippen LogP contribution in [0.15, 0.2) is 59.5 Å². The summed E-state index contributed by atoms with van der Waals surface area (Å²) in [6.07, 6.45) is 1.94. The van der Waals surface area contributed by atoms with Crippen LogP contribution >= 0.6 is 11.8 Å². The monoisotopic (exact) mass is 430 g/mol. The van der Waals surface area contributed by atoms with E-state index in [-0.39, 0.29) is 26.4 Å². The minimum absolute atomic E-state index is 0.125. The van der Waals surface area contributed by atoms with Crippen LogP contribution in [0.25, 0.3) is 10.8 Å². The maximum atomic E-state index is 11.5. The summed E-state index contributed by atoms with van der Waals surface area (Å²) in [5.41, 5.74) is 0.696. The van der Waals surface area contributed by atoms with E-state index in [4.69, 9.17) is 18.9 Å². The van der Waals surface area contributed by atoms with Gasteiger partial charge in [-0.25, -0.2) is 9.59 Å². The van der Waals surface area contributed by atoms with Gasteiger partial charge >= 0.3 is 11.9 Å². The second-order valence-corrected chi connectivity index (χ2v) is 7.33. The molecule has 0 amide bonds. The lowest BCUT2D eigenvalue weighted by molar-refractivity contribution is -0.140. The zero-order valence-corrected chi connectivity index (χ0v) is 18.3. The summed E-state index contributed by atoms with van der Waals surface area (Å²) in [5, 5.41) is 1.75. The highest BCUT2D eigenvalue weighted by Crippen LogP contribution is 2.41. The molecule has 0 N–H and O–H groups in total. The number of thioether (sulfide) groups is 1. The van der Waals surface area contributed by atoms with Gasteiger partial charge in [-0.05, 0) is 26.2 Å². The number of rotatable bonds is 11. The van der Waals surface area contributed by atoms with E-state index in [0.29, 0.717) is 22.6 Å². The summed E-state index contributed by atoms with van der Waals surface area (Å²) < 4.78 is 22.0. The molecule has 0 aliphatic carbocycles. The van der Waals surface area contributed by atoms with E-state index in [1.165, 1.54) is 11.8 Å². The topological polar surface area (TPSA) is 71.1 Å². The molecule has 0 radical (unpaired) electrons. The molecule has 0 atom stereocenters. The third kappa shape index (κ3) is 6.29. The number of esters is 2. The van der Waals surface area contributed by atoms with Crippen molar-refractivity contribution in [2.24, 2.45) is 0 Å². The highest BCUT2D eigenvalue weighted by atomic mass is 32.2. The third-order valence-corrected chi connectivity index (χ3v) is 4.72. The molecule has 0 bridgehead atoms. The SMILES string of the molecule is C=C(C)C(=O)OCCOc1cc(SC)c(OCCOC(=O)C(=C)C)c2ccccc12. The van der Waals surface area contributed by atoms with E-state index in [2.05, 4.69) is 13.2 Å². The molecule has 2 aromatic carbocycles. The Kier molecular flexibility index (Phi) is 8.80. The third-order valence-electron chi connectivity index (χ3n) is 3.98. The van der Waals surface area contributed by atoms with Crippen LogP contribution in [0.3, 0.4) is 0 Å². The molecule has 0 aromatic heterocycles. The lowest BCUT2D eigenvalue weighted by Crippen LogP contribution is -2.13. The quantitative estimate of drug-likeness (QED) is 0.224. The van der Waals surface area contributed by atoms with Crippen molar-refractivity contribution < 1.29 is 28.5 Å². The van der Waals surface area contributed by atoms with Gasteiger partial charge in [-0.3, -0.25) is 0 Å². The number of hydrogen-bond donors (Lipinski definition) is 0. The number of benzene rings is 2. The fourth-order valence-electron chi connectivity index (χ4n) is 2.52. The van der Waals surface area contributed by atoms with Gasteiger partial charge in [-0.1, -0.05) is 37.4 Å². The van der Waals surface area contributed by atoms with Crippen LogP contribution in [0.5, 0.6) is 11.5 Å². The maximum absolute atomic E-state index is 11.5. The van der Waals surface area contributed by atoms with Crippen molar-refractivity contribution in [2.45, 2.75) is 18.7 Å². The minimum Gasteiger partial charge on any atom is -0.489 e. The molecule has 0 fully saturated rings. The molecule has 0 unspecified atom stereocenters. The van der Waals surface area contributed by atoms with E-state index in [1.54, 1.807) is 13.8 Å². The molecule has 0 spiro atoms. The Morgan fingerprint density at radius 1 is 0.867 bits per heavy atom. The van der Waals surface area contributed by atoms with Gasteiger partial charge in [0.2, 0.25) is 0 Å². The van der Waals surface area contributed by atoms with Crippen LogP contribution in [0.2, 0.25) is 0 Å². The average Bonchev–Trinajstić information content (AvgIpc) is 2.73. The van der Waals surface area contributed by atoms with Crippen LogP contribution in [0.1, 0.15) is 13.8 Å². The van der Waals surface area contributed by atoms with Crippen molar-refractivity contribution >= 4 is 34.5 Å². The molecule has 7 heteroatoms. The van der Waals surface area contributed by atoms with Crippen LogP contribution in [-0.2, 0) is 19.1 Å². The summed E-state index contributed by atoms with van der Waals surface area (Å²) in [6.45, 7) is 11.0. The molecule has 0 heterocycles. The lowest BCUT2D eigenvalue weighted by atomic mass is 10.1. The van der Waals surface area contributed by atoms with Crippen LogP contribution in [0, 0.1) is 0 Å². The molecule has 30 heavy (non-hydrogen) atoms. The first-order valence-corrected chi connectivity index (χ1v) is 10.6. The molecule has 2 rings (SSSR count). The van der Waals surface area contributed by atoms with Crippen LogP contribution in [-0.4, -0.2) is 44.6 Å². The molecular formula is C23H26O6S. The van der Waals surface area contributed by atoms with Gasteiger partial charge in [0, 0.05) is 21.9 Å². The fraction of sp³-hybridized carbons (Fsp3) is 0.304. The zero-order chi connectivity index (χ0) is 22.1. The summed E-state index contributed by atoms with van der Waals surface area (Å²) >= 11 is 1.52. The molecule has 0 aliphatic rings. The highest BCUT2D eigenvalue weighted by Gasteiger charge is 2.15. The van der Waals surface area contributed by atoms with E-state index in [1.807, 2.05) is 36.6 Å². The Bertz CT molecular complexity index is 950. The number of hydrogen-bond acceptors (Lipinski definition) is 7. The van der Waals surface area contributed by atoms with Gasteiger partial charge in [0.15, 0.2) is 0 Å². The van der Waals surface area contributed by atoms with Crippen molar-refractivity contribution in [1.29, 1.82) is 0 Å². The first kappa shape index (κ1) is 23.3. The molecule has 0 saturated carbocycles. The van der Waals surface area contributed by atoms with E-state index in [0.717, 1.165) is 15.7 Å². The second kappa shape index (κ2) is 11.3. The van der Waals surface area contributed by atoms with Crippen LogP contribution < -0.4 is 9.47 Å². The summed E-state index contributed by atoms with van der Waals surface area (Å²) in [7, 11) is 0. The first-order chi connectivity index (χ1) is 14.3. The minimum atomic E-state index is -0.440. The number of ether oxygens (including phenoxy) is 4. The predicted molar refractivity (Wildman–Crippen MR) is 118 cm³/mol. The van der Waals surface area contributed by atoms with Gasteiger partial charge < -0.3 is 18.9 Å². The van der Waals surface area contributed by atoms with E-state index >= 15 is 0 Å². The van der Waals surface area contributed by atoms with Gasteiger partial charge in [-0.2, -0.15) is 0 Å². The van der Waals surface area contributed by atoms with Crippen LogP contribution in [0.4, 0.5) is 0 Å². The van der Waals surface area contributed by atoms with Crippen molar-refractivity contribution in [3.8, 4) is 11.5 Å². The van der Waals surface area contributed by atoms with Gasteiger partial charge in [-0.15, -0.1) is 11.8 Å². The van der Waals surface area contributed by atoms with Gasteiger partial charge in [0.25, 0.3) is 0 Å². The molecule has 0 aliphatic heterocycles. The van der Waals surface area contributed by atoms with Gasteiger partial charge in [0.1, 0.15) is 37.9 Å². The first-order valence-electron chi connectivity index (χ1n) is 9.35. The Labute approximate surface area is 180 Å². The Hall–Kier alpha value is -2.93. The maximum Gasteiger partial charge on any atom is 0.333 e.